The highest BCUT2D eigenvalue weighted by molar-refractivity contribution is 6.31. The maximum atomic E-state index is 13.6. The summed E-state index contributed by atoms with van der Waals surface area (Å²) >= 11 is 6.15. The lowest BCUT2D eigenvalue weighted by molar-refractivity contribution is -0.386. The summed E-state index contributed by atoms with van der Waals surface area (Å²) < 4.78 is 18.5. The van der Waals surface area contributed by atoms with Crippen molar-refractivity contribution in [3.63, 3.8) is 0 Å². The van der Waals surface area contributed by atoms with E-state index in [2.05, 4.69) is 10.1 Å². The van der Waals surface area contributed by atoms with Gasteiger partial charge in [-0.05, 0) is 55.0 Å². The Morgan fingerprint density at radius 3 is 2.59 bits per heavy atom. The average molecular weight is 640 g/mol. The van der Waals surface area contributed by atoms with Crippen LogP contribution in [-0.2, 0) is 6.61 Å². The third-order valence-corrected chi connectivity index (χ3v) is 7.07. The van der Waals surface area contributed by atoms with Gasteiger partial charge in [0.15, 0.2) is 11.5 Å². The number of non-ortho nitro benzene ring substituents is 1. The van der Waals surface area contributed by atoms with Crippen LogP contribution in [0.25, 0.3) is 33.5 Å². The minimum absolute atomic E-state index is 0.0435. The normalized spacial score (nSPS) is 11.3. The fourth-order valence-electron chi connectivity index (χ4n) is 4.78. The minimum Gasteiger partial charge on any atom is -0.490 e. The molecule has 2 aromatic heterocycles. The van der Waals surface area contributed by atoms with Crippen molar-refractivity contribution in [2.45, 2.75) is 13.5 Å². The summed E-state index contributed by atoms with van der Waals surface area (Å²) in [4.78, 5) is 40.4. The number of hydrogen-bond acceptors (Lipinski definition) is 10. The monoisotopic (exact) mass is 639 g/mol. The van der Waals surface area contributed by atoms with Crippen LogP contribution >= 0.6 is 11.6 Å². The molecule has 0 saturated carbocycles. The fourth-order valence-corrected chi connectivity index (χ4v) is 4.96. The van der Waals surface area contributed by atoms with Crippen molar-refractivity contribution < 1.29 is 23.7 Å². The Morgan fingerprint density at radius 2 is 1.80 bits per heavy atom. The van der Waals surface area contributed by atoms with Gasteiger partial charge >= 0.3 is 5.69 Å². The van der Waals surface area contributed by atoms with Gasteiger partial charge in [0.05, 0.1) is 33.6 Å². The summed E-state index contributed by atoms with van der Waals surface area (Å²) in [5, 5.41) is 29.2. The third-order valence-electron chi connectivity index (χ3n) is 6.83. The molecule has 0 aliphatic heterocycles. The van der Waals surface area contributed by atoms with E-state index in [4.69, 9.17) is 25.5 Å². The van der Waals surface area contributed by atoms with Crippen LogP contribution in [0.3, 0.4) is 0 Å². The molecule has 0 atom stereocenters. The molecule has 13 nitrogen and oxygen atoms in total. The summed E-state index contributed by atoms with van der Waals surface area (Å²) in [6.45, 7) is 1.66. The number of ether oxygens (including phenoxy) is 2. The highest BCUT2D eigenvalue weighted by Gasteiger charge is 2.23. The van der Waals surface area contributed by atoms with Crippen LogP contribution in [0.2, 0.25) is 5.02 Å². The van der Waals surface area contributed by atoms with E-state index in [-0.39, 0.29) is 47.5 Å². The first kappa shape index (κ1) is 30.0. The van der Waals surface area contributed by atoms with Gasteiger partial charge < -0.3 is 13.9 Å². The van der Waals surface area contributed by atoms with E-state index < -0.39 is 21.1 Å². The molecule has 0 unspecified atom stereocenters. The Kier molecular flexibility index (Phi) is 8.14. The van der Waals surface area contributed by atoms with E-state index in [0.717, 1.165) is 4.68 Å². The van der Waals surface area contributed by atoms with Crippen molar-refractivity contribution in [1.29, 1.82) is 0 Å². The van der Waals surface area contributed by atoms with Crippen molar-refractivity contribution in [2.24, 2.45) is 5.10 Å². The molecule has 0 amide bonds. The molecule has 6 aromatic rings. The van der Waals surface area contributed by atoms with Crippen LogP contribution in [0.15, 0.2) is 99.2 Å². The number of para-hydroxylation sites is 1. The number of rotatable bonds is 10. The molecule has 0 aliphatic carbocycles. The van der Waals surface area contributed by atoms with Gasteiger partial charge in [0, 0.05) is 34.2 Å². The van der Waals surface area contributed by atoms with Crippen molar-refractivity contribution in [1.82, 2.24) is 9.66 Å². The molecular formula is C32H22ClN5O8. The molecule has 0 radical (unpaired) electrons. The molecule has 0 bridgehead atoms. The Balaban J connectivity index is 1.43. The summed E-state index contributed by atoms with van der Waals surface area (Å²) in [5.41, 5.74) is 0.529. The van der Waals surface area contributed by atoms with Gasteiger partial charge in [0.25, 0.3) is 11.2 Å². The number of fused-ring (bicyclic) bond motifs is 2. The lowest BCUT2D eigenvalue weighted by atomic mass is 10.1. The van der Waals surface area contributed by atoms with Crippen LogP contribution in [0.4, 0.5) is 11.4 Å². The molecule has 2 heterocycles. The first-order chi connectivity index (χ1) is 22.2. The number of halogens is 1. The molecule has 0 N–H and O–H groups in total. The predicted molar refractivity (Wildman–Crippen MR) is 171 cm³/mol. The first-order valence-electron chi connectivity index (χ1n) is 13.8. The predicted octanol–water partition coefficient (Wildman–Crippen LogP) is 7.14. The number of nitrogens with zero attached hydrogens (tertiary/aromatic N) is 5. The van der Waals surface area contributed by atoms with Gasteiger partial charge in [0.1, 0.15) is 12.2 Å². The molecule has 0 saturated heterocycles. The second-order valence-electron chi connectivity index (χ2n) is 9.88. The number of benzene rings is 4. The Hall–Kier alpha value is -6.08. The van der Waals surface area contributed by atoms with Gasteiger partial charge in [0.2, 0.25) is 11.6 Å². The first-order valence-corrected chi connectivity index (χ1v) is 14.2. The summed E-state index contributed by atoms with van der Waals surface area (Å²) in [7, 11) is 0. The topological polar surface area (TPSA) is 165 Å². The molecule has 46 heavy (non-hydrogen) atoms. The van der Waals surface area contributed by atoms with Crippen LogP contribution in [0.5, 0.6) is 11.5 Å². The third kappa shape index (κ3) is 5.99. The molecule has 230 valence electrons. The zero-order chi connectivity index (χ0) is 32.4. The molecule has 0 fully saturated rings. The maximum Gasteiger partial charge on any atom is 0.315 e. The van der Waals surface area contributed by atoms with E-state index in [1.165, 1.54) is 36.5 Å². The molecule has 6 rings (SSSR count). The number of aromatic nitrogens is 2. The van der Waals surface area contributed by atoms with E-state index in [1.807, 2.05) is 0 Å². The summed E-state index contributed by atoms with van der Waals surface area (Å²) in [6.07, 6.45) is 1.26. The molecular weight excluding hydrogens is 618 g/mol. The van der Waals surface area contributed by atoms with Crippen molar-refractivity contribution in [3.8, 4) is 23.1 Å². The maximum absolute atomic E-state index is 13.6. The van der Waals surface area contributed by atoms with Crippen LogP contribution in [0.1, 0.15) is 18.1 Å². The van der Waals surface area contributed by atoms with Gasteiger partial charge in [-0.1, -0.05) is 35.9 Å². The number of nitro benzene ring substituents is 2. The van der Waals surface area contributed by atoms with E-state index in [9.17, 15) is 25.0 Å². The fraction of sp³-hybridized carbons (Fsp3) is 0.0938. The largest absolute Gasteiger partial charge is 0.490 e. The van der Waals surface area contributed by atoms with Gasteiger partial charge in [-0.3, -0.25) is 25.0 Å². The van der Waals surface area contributed by atoms with Crippen LogP contribution < -0.4 is 15.0 Å². The lowest BCUT2D eigenvalue weighted by Gasteiger charge is -2.13. The standard InChI is InChI=1S/C32H22ClN5O8/c1-2-44-28-14-20(13-26(38(42)43)30(28)45-18-19-6-5-7-23(12-19)37(40)41)17-34-36-31(35-25-9-4-3-8-24(25)32(36)39)29-16-21-15-22(33)10-11-27(21)46-29/h3-17H,2,18H2,1H3. The summed E-state index contributed by atoms with van der Waals surface area (Å²) in [6, 6.07) is 22.0. The number of furan rings is 1. The quantitative estimate of drug-likeness (QED) is 0.0860. The smallest absolute Gasteiger partial charge is 0.315 e. The highest BCUT2D eigenvalue weighted by Crippen LogP contribution is 2.39. The molecule has 14 heteroatoms. The second kappa shape index (κ2) is 12.5. The second-order valence-corrected chi connectivity index (χ2v) is 10.3. The van der Waals surface area contributed by atoms with Crippen molar-refractivity contribution >= 4 is 51.1 Å². The van der Waals surface area contributed by atoms with Crippen LogP contribution in [-0.4, -0.2) is 32.3 Å². The highest BCUT2D eigenvalue weighted by atomic mass is 35.5. The number of hydrogen-bond donors (Lipinski definition) is 0. The average Bonchev–Trinajstić information content (AvgIpc) is 3.47. The SMILES string of the molecule is CCOc1cc(C=Nn2c(-c3cc4cc(Cl)ccc4o3)nc3ccccc3c2=O)cc([N+](=O)[O-])c1OCc1cccc([N+](=O)[O-])c1. The Labute approximate surface area is 264 Å². The molecule has 4 aromatic carbocycles. The van der Waals surface area contributed by atoms with Gasteiger partial charge in [-0.25, -0.2) is 4.98 Å². The zero-order valence-electron chi connectivity index (χ0n) is 24.0. The van der Waals surface area contributed by atoms with E-state index in [0.29, 0.717) is 32.5 Å². The van der Waals surface area contributed by atoms with Crippen LogP contribution in [0, 0.1) is 20.2 Å². The Bertz CT molecular complexity index is 2240. The molecule has 0 aliphatic rings. The molecule has 0 spiro atoms. The Morgan fingerprint density at radius 1 is 0.978 bits per heavy atom. The summed E-state index contributed by atoms with van der Waals surface area (Å²) in [5.74, 6) is 0.232. The number of nitro groups is 2. The van der Waals surface area contributed by atoms with Gasteiger partial charge in [-0.15, -0.1) is 0 Å². The lowest BCUT2D eigenvalue weighted by Crippen LogP contribution is -2.20. The van der Waals surface area contributed by atoms with Crippen molar-refractivity contribution in [2.75, 3.05) is 6.61 Å². The zero-order valence-corrected chi connectivity index (χ0v) is 24.7. The van der Waals surface area contributed by atoms with Crippen molar-refractivity contribution in [3.05, 3.63) is 132 Å². The minimum atomic E-state index is -0.642. The van der Waals surface area contributed by atoms with E-state index >= 15 is 0 Å². The van der Waals surface area contributed by atoms with Gasteiger partial charge in [-0.2, -0.15) is 9.78 Å². The van der Waals surface area contributed by atoms with E-state index in [1.54, 1.807) is 61.5 Å².